The van der Waals surface area contributed by atoms with Crippen molar-refractivity contribution in [2.45, 2.75) is 6.42 Å². The topological polar surface area (TPSA) is 61.0 Å². The fraction of sp³-hybridized carbons (Fsp3) is 0.250. The van der Waals surface area contributed by atoms with Crippen molar-refractivity contribution in [3.63, 3.8) is 0 Å². The summed E-state index contributed by atoms with van der Waals surface area (Å²) in [7, 11) is 4.02. The van der Waals surface area contributed by atoms with Crippen molar-refractivity contribution < 1.29 is 0 Å². The van der Waals surface area contributed by atoms with E-state index in [1.807, 2.05) is 54.5 Å². The predicted octanol–water partition coefficient (Wildman–Crippen LogP) is 3.33. The van der Waals surface area contributed by atoms with E-state index in [0.29, 0.717) is 5.56 Å². The van der Waals surface area contributed by atoms with Gasteiger partial charge in [-0.3, -0.25) is 4.68 Å². The van der Waals surface area contributed by atoms with Crippen LogP contribution in [0.15, 0.2) is 48.8 Å². The minimum Gasteiger partial charge on any atom is -0.372 e. The molecule has 3 aromatic rings. The number of nitriles is 1. The van der Waals surface area contributed by atoms with Crippen molar-refractivity contribution >= 4 is 17.2 Å². The van der Waals surface area contributed by atoms with Gasteiger partial charge in [0.05, 0.1) is 34.9 Å². The molecule has 1 aliphatic heterocycles. The van der Waals surface area contributed by atoms with E-state index in [1.165, 1.54) is 0 Å². The van der Waals surface area contributed by atoms with Crippen LogP contribution in [0.25, 0.3) is 11.3 Å². The first-order valence-electron chi connectivity index (χ1n) is 8.64. The van der Waals surface area contributed by atoms with Crippen LogP contribution in [0.4, 0.5) is 17.2 Å². The smallest absolute Gasteiger partial charge is 0.157 e. The summed E-state index contributed by atoms with van der Waals surface area (Å²) in [5.74, 6) is 0.929. The number of hydrogen-bond donors (Lipinski definition) is 0. The number of fused-ring (bicyclic) bond motifs is 1. The number of aromatic nitrogens is 3. The first kappa shape index (κ1) is 16.2. The zero-order chi connectivity index (χ0) is 18.1. The molecule has 1 aromatic carbocycles. The third-order valence-corrected chi connectivity index (χ3v) is 4.69. The van der Waals surface area contributed by atoms with E-state index in [9.17, 15) is 5.26 Å². The Morgan fingerprint density at radius 3 is 2.77 bits per heavy atom. The first-order chi connectivity index (χ1) is 12.7. The van der Waals surface area contributed by atoms with Gasteiger partial charge in [-0.05, 0) is 30.7 Å². The summed E-state index contributed by atoms with van der Waals surface area (Å²) < 4.78 is 1.81. The Kier molecular flexibility index (Phi) is 4.05. The maximum Gasteiger partial charge on any atom is 0.157 e. The molecule has 0 atom stereocenters. The molecule has 0 unspecified atom stereocenters. The molecule has 26 heavy (non-hydrogen) atoms. The average Bonchev–Trinajstić information content (AvgIpc) is 3.03. The molecule has 0 fully saturated rings. The van der Waals surface area contributed by atoms with Crippen LogP contribution in [0.2, 0.25) is 0 Å². The number of aryl methyl sites for hydroxylation is 1. The maximum atomic E-state index is 9.17. The van der Waals surface area contributed by atoms with Gasteiger partial charge in [-0.1, -0.05) is 12.1 Å². The monoisotopic (exact) mass is 344 g/mol. The lowest BCUT2D eigenvalue weighted by atomic mass is 10.1. The lowest BCUT2D eigenvalue weighted by molar-refractivity contribution is 0.766. The van der Waals surface area contributed by atoms with Crippen molar-refractivity contribution in [1.29, 1.82) is 5.26 Å². The van der Waals surface area contributed by atoms with Crippen LogP contribution in [0.3, 0.4) is 0 Å². The Morgan fingerprint density at radius 1 is 1.12 bits per heavy atom. The summed E-state index contributed by atoms with van der Waals surface area (Å²) >= 11 is 0. The molecule has 0 saturated carbocycles. The normalized spacial score (nSPS) is 13.9. The second kappa shape index (κ2) is 6.52. The number of anilines is 3. The van der Waals surface area contributed by atoms with Gasteiger partial charge in [-0.15, -0.1) is 0 Å². The predicted molar refractivity (Wildman–Crippen MR) is 102 cm³/mol. The third kappa shape index (κ3) is 2.88. The molecule has 0 aliphatic carbocycles. The van der Waals surface area contributed by atoms with Crippen LogP contribution < -0.4 is 9.80 Å². The van der Waals surface area contributed by atoms with Gasteiger partial charge < -0.3 is 9.80 Å². The van der Waals surface area contributed by atoms with Crippen LogP contribution in [0, 0.1) is 11.3 Å². The maximum absolute atomic E-state index is 9.17. The molecular weight excluding hydrogens is 324 g/mol. The van der Waals surface area contributed by atoms with Crippen LogP contribution in [-0.4, -0.2) is 34.9 Å². The lowest BCUT2D eigenvalue weighted by Crippen LogP contribution is -2.18. The molecule has 0 N–H and O–H groups in total. The van der Waals surface area contributed by atoms with Crippen LogP contribution in [0.5, 0.6) is 0 Å². The summed E-state index contributed by atoms with van der Waals surface area (Å²) in [5, 5.41) is 13.5. The van der Waals surface area contributed by atoms with Crippen molar-refractivity contribution in [3.8, 4) is 17.3 Å². The number of pyridine rings is 1. The highest BCUT2D eigenvalue weighted by atomic mass is 15.3. The van der Waals surface area contributed by atoms with Gasteiger partial charge >= 0.3 is 0 Å². The molecule has 0 saturated heterocycles. The minimum atomic E-state index is 0.639. The zero-order valence-corrected chi connectivity index (χ0v) is 14.9. The van der Waals surface area contributed by atoms with Crippen molar-refractivity contribution in [3.05, 3.63) is 54.4 Å². The zero-order valence-electron chi connectivity index (χ0n) is 14.9. The molecule has 0 bridgehead atoms. The second-order valence-corrected chi connectivity index (χ2v) is 6.53. The highest BCUT2D eigenvalue weighted by Gasteiger charge is 2.22. The van der Waals surface area contributed by atoms with Gasteiger partial charge in [-0.2, -0.15) is 10.4 Å². The molecule has 2 aromatic heterocycles. The fourth-order valence-corrected chi connectivity index (χ4v) is 3.34. The summed E-state index contributed by atoms with van der Waals surface area (Å²) in [6, 6.07) is 13.9. The second-order valence-electron chi connectivity index (χ2n) is 6.53. The molecule has 1 aliphatic rings. The van der Waals surface area contributed by atoms with Crippen LogP contribution in [0.1, 0.15) is 12.0 Å². The van der Waals surface area contributed by atoms with E-state index < -0.39 is 0 Å². The number of hydrogen-bond acceptors (Lipinski definition) is 5. The summed E-state index contributed by atoms with van der Waals surface area (Å²) in [6.45, 7) is 1.87. The summed E-state index contributed by atoms with van der Waals surface area (Å²) in [4.78, 5) is 9.44. The Balaban J connectivity index is 1.84. The van der Waals surface area contributed by atoms with Gasteiger partial charge in [0.15, 0.2) is 5.82 Å². The molecule has 3 heterocycles. The molecule has 0 spiro atoms. The summed E-state index contributed by atoms with van der Waals surface area (Å²) in [6.07, 6.45) is 4.93. The number of benzene rings is 1. The Labute approximate surface area is 152 Å². The largest absolute Gasteiger partial charge is 0.372 e. The highest BCUT2D eigenvalue weighted by molar-refractivity contribution is 5.77. The average molecular weight is 344 g/mol. The third-order valence-electron chi connectivity index (χ3n) is 4.69. The van der Waals surface area contributed by atoms with Crippen LogP contribution in [-0.2, 0) is 7.05 Å². The fourth-order valence-electron chi connectivity index (χ4n) is 3.34. The van der Waals surface area contributed by atoms with Crippen molar-refractivity contribution in [2.24, 2.45) is 7.05 Å². The van der Waals surface area contributed by atoms with Gasteiger partial charge in [0.25, 0.3) is 0 Å². The van der Waals surface area contributed by atoms with Gasteiger partial charge in [0.1, 0.15) is 0 Å². The van der Waals surface area contributed by atoms with Gasteiger partial charge in [-0.25, -0.2) is 4.98 Å². The van der Waals surface area contributed by atoms with E-state index in [1.54, 1.807) is 0 Å². The van der Waals surface area contributed by atoms with E-state index in [0.717, 1.165) is 48.0 Å². The lowest BCUT2D eigenvalue weighted by Gasteiger charge is -2.24. The SMILES string of the molecule is CN1CCCN(c2cnn(C)c2)c2nc(-c3cccc(C#N)c3)ccc21. The van der Waals surface area contributed by atoms with E-state index in [2.05, 4.69) is 34.1 Å². The molecule has 6 heteroatoms. The van der Waals surface area contributed by atoms with E-state index in [4.69, 9.17) is 4.98 Å². The number of nitrogens with zero attached hydrogens (tertiary/aromatic N) is 6. The summed E-state index contributed by atoms with van der Waals surface area (Å²) in [5.41, 5.74) is 4.60. The molecule has 0 radical (unpaired) electrons. The molecule has 0 amide bonds. The number of rotatable bonds is 2. The molecule has 6 nitrogen and oxygen atoms in total. The van der Waals surface area contributed by atoms with Gasteiger partial charge in [0, 0.05) is 38.9 Å². The molecule has 130 valence electrons. The van der Waals surface area contributed by atoms with E-state index >= 15 is 0 Å². The first-order valence-corrected chi connectivity index (χ1v) is 8.64. The minimum absolute atomic E-state index is 0.639. The molecular formula is C20H20N6. The van der Waals surface area contributed by atoms with Crippen molar-refractivity contribution in [1.82, 2.24) is 14.8 Å². The Morgan fingerprint density at radius 2 is 2.00 bits per heavy atom. The Hall–Kier alpha value is -3.33. The van der Waals surface area contributed by atoms with Gasteiger partial charge in [0.2, 0.25) is 0 Å². The highest BCUT2D eigenvalue weighted by Crippen LogP contribution is 2.36. The van der Waals surface area contributed by atoms with E-state index in [-0.39, 0.29) is 0 Å². The standard InChI is InChI=1S/C20H20N6/c1-24-9-4-10-26(17-13-22-25(2)14-17)20-19(24)8-7-18(23-20)16-6-3-5-15(11-16)12-21/h3,5-8,11,13-14H,4,9-10H2,1-2H3. The van der Waals surface area contributed by atoms with Crippen LogP contribution >= 0.6 is 0 Å². The van der Waals surface area contributed by atoms with Crippen molar-refractivity contribution in [2.75, 3.05) is 29.9 Å². The quantitative estimate of drug-likeness (QED) is 0.713. The molecule has 4 rings (SSSR count). The Bertz CT molecular complexity index is 984.